The summed E-state index contributed by atoms with van der Waals surface area (Å²) in [5.74, 6) is 0. The molecule has 0 heterocycles. The Balaban J connectivity index is -0.000000125. The molecular weight excluding hydrogens is 216 g/mol. The molecule has 0 rings (SSSR count). The maximum atomic E-state index is 4.52. The predicted octanol–water partition coefficient (Wildman–Crippen LogP) is 1.26. The van der Waals surface area contributed by atoms with Crippen molar-refractivity contribution in [3.8, 4) is 0 Å². The minimum atomic E-state index is 0. The molecule has 0 atom stereocenters. The van der Waals surface area contributed by atoms with Crippen LogP contribution >= 0.6 is 0 Å². The van der Waals surface area contributed by atoms with Crippen molar-refractivity contribution in [3.05, 3.63) is 0 Å². The average Bonchev–Trinajstić information content (AvgIpc) is 1.61. The van der Waals surface area contributed by atoms with Crippen molar-refractivity contribution in [2.45, 2.75) is 14.9 Å². The first-order valence-electron chi connectivity index (χ1n) is 0.833. The maximum Gasteiger partial charge on any atom is 0 e. The van der Waals surface area contributed by atoms with E-state index >= 15 is 0 Å². The summed E-state index contributed by atoms with van der Waals surface area (Å²) in [5, 5.41) is 0. The van der Waals surface area contributed by atoms with Crippen molar-refractivity contribution in [1.82, 2.24) is 0 Å². The third kappa shape index (κ3) is 15.7. The zero-order valence-electron chi connectivity index (χ0n) is 2.45. The van der Waals surface area contributed by atoms with Crippen molar-refractivity contribution in [3.63, 3.8) is 0 Å². The normalized spacial score (nSPS) is 4.50. The van der Waals surface area contributed by atoms with Gasteiger partial charge in [0.25, 0.3) is 0 Å². The van der Waals surface area contributed by atoms with Gasteiger partial charge in [-0.05, 0) is 0 Å². The molecule has 0 N–H and O–H groups in total. The van der Waals surface area contributed by atoms with Crippen LogP contribution in [0.3, 0.4) is 0 Å². The maximum absolute atomic E-state index is 4.52. The fraction of sp³-hybridized carbons (Fsp3) is 1.00. The van der Waals surface area contributed by atoms with Crippen LogP contribution in [0.2, 0.25) is 0 Å². The van der Waals surface area contributed by atoms with E-state index in [-0.39, 0.29) is 14.9 Å². The molecule has 0 aromatic rings. The van der Waals surface area contributed by atoms with E-state index in [0.29, 0.717) is 0 Å². The Kier molecular flexibility index (Phi) is 31.8. The second kappa shape index (κ2) is 15.8. The van der Waals surface area contributed by atoms with Gasteiger partial charge in [-0.25, -0.2) is 0 Å². The predicted molar refractivity (Wildman–Crippen MR) is 57.7 cm³/mol. The Morgan fingerprint density at radius 1 is 0.750 bits per heavy atom. The van der Waals surface area contributed by atoms with Gasteiger partial charge in [-0.2, -0.15) is 0 Å². The lowest BCUT2D eigenvalue weighted by Crippen LogP contribution is -1.28. The van der Waals surface area contributed by atoms with Crippen molar-refractivity contribution in [1.29, 1.82) is 0 Å². The van der Waals surface area contributed by atoms with Gasteiger partial charge >= 0.3 is 0 Å². The summed E-state index contributed by atoms with van der Waals surface area (Å²) >= 11 is 9.03. The van der Waals surface area contributed by atoms with Crippen LogP contribution in [0.4, 0.5) is 0 Å². The fourth-order valence-electron chi connectivity index (χ4n) is 0.0227. The molecule has 0 amide bonds. The van der Waals surface area contributed by atoms with Gasteiger partial charge < -0.3 is 0 Å². The smallest absolute Gasteiger partial charge is 0 e. The van der Waals surface area contributed by atoms with E-state index in [9.17, 15) is 0 Å². The van der Waals surface area contributed by atoms with Crippen LogP contribution in [0.25, 0.3) is 0 Å². The Labute approximate surface area is 72.2 Å². The molecule has 0 aromatic heterocycles. The highest BCUT2D eigenvalue weighted by atomic mass is 33.3. The lowest BCUT2D eigenvalue weighted by atomic mass is 12.0. The van der Waals surface area contributed by atoms with Gasteiger partial charge in [-0.1, -0.05) is 14.9 Å². The minimum absolute atomic E-state index is 0. The van der Waals surface area contributed by atoms with E-state index < -0.39 is 0 Å². The summed E-state index contributed by atoms with van der Waals surface area (Å²) in [6.07, 6.45) is 0. The second-order valence-corrected chi connectivity index (χ2v) is 7.35. The Morgan fingerprint density at radius 3 is 1.12 bits per heavy atom. The molecule has 0 spiro atoms. The second-order valence-electron chi connectivity index (χ2n) is 0.272. The van der Waals surface area contributed by atoms with Gasteiger partial charge in [0, 0.05) is 57.9 Å². The Hall–Kier alpha value is 1.32. The van der Waals surface area contributed by atoms with Gasteiger partial charge in [0.1, 0.15) is 0 Å². The summed E-state index contributed by atoms with van der Waals surface area (Å²) in [6, 6.07) is 0. The van der Waals surface area contributed by atoms with Crippen molar-refractivity contribution in [2.24, 2.45) is 0 Å². The molecule has 0 saturated carbocycles. The molecule has 8 heavy (non-hydrogen) atoms. The molecule has 0 fully saturated rings. The van der Waals surface area contributed by atoms with E-state index in [4.69, 9.17) is 0 Å². The van der Waals surface area contributed by atoms with Gasteiger partial charge in [0.15, 0.2) is 0 Å². The molecule has 6 heteroatoms. The Morgan fingerprint density at radius 2 is 1.00 bits per heavy atom. The molecule has 52 valence electrons. The van der Waals surface area contributed by atoms with Crippen LogP contribution in [0.1, 0.15) is 14.9 Å². The monoisotopic (exact) mass is 224 g/mol. The van der Waals surface area contributed by atoms with Crippen LogP contribution < -0.4 is 0 Å². The third-order valence-electron chi connectivity index (χ3n) is 0.0833. The lowest BCUT2D eigenvalue weighted by molar-refractivity contribution is 2.50. The van der Waals surface area contributed by atoms with Crippen LogP contribution in [-0.2, 0) is 57.9 Å². The molecule has 0 aliphatic heterocycles. The zero-order valence-corrected chi connectivity index (χ0v) is 7.35. The van der Waals surface area contributed by atoms with E-state index in [1.54, 1.807) is 0 Å². The van der Waals surface area contributed by atoms with Crippen LogP contribution in [0.5, 0.6) is 0 Å². The molecule has 0 aliphatic carbocycles. The summed E-state index contributed by atoms with van der Waals surface area (Å²) in [6.45, 7) is 0. The average molecular weight is 224 g/mol. The minimum Gasteiger partial charge on any atom is -0.0776 e. The third-order valence-corrected chi connectivity index (χ3v) is 6.75. The first kappa shape index (κ1) is 16.2. The first-order valence-corrected chi connectivity index (χ1v) is 7.50. The molecule has 0 aromatic carbocycles. The molecule has 0 radical (unpaired) electrons. The number of rotatable bonds is 0. The van der Waals surface area contributed by atoms with Gasteiger partial charge in [0.2, 0.25) is 0 Å². The highest BCUT2D eigenvalue weighted by molar-refractivity contribution is 8.64. The molecule has 0 aliphatic rings. The van der Waals surface area contributed by atoms with Crippen molar-refractivity contribution >= 4 is 57.9 Å². The lowest BCUT2D eigenvalue weighted by Gasteiger charge is -1.27. The highest BCUT2D eigenvalue weighted by Gasteiger charge is 1.28. The van der Waals surface area contributed by atoms with Gasteiger partial charge in [-0.3, -0.25) is 0 Å². The summed E-state index contributed by atoms with van der Waals surface area (Å²) in [7, 11) is 5.63. The standard InChI is InChI=1S/2CH4.S6/c;;1-3-5-6-4-2/h2*1H4;. The molecule has 0 saturated heterocycles. The van der Waals surface area contributed by atoms with Crippen LogP contribution in [0, 0.1) is 0 Å². The van der Waals surface area contributed by atoms with Gasteiger partial charge in [-0.15, -0.1) is 0 Å². The van der Waals surface area contributed by atoms with E-state index in [2.05, 4.69) is 22.4 Å². The van der Waals surface area contributed by atoms with E-state index in [1.165, 1.54) is 35.5 Å². The summed E-state index contributed by atoms with van der Waals surface area (Å²) < 4.78 is 0. The number of hydrogen-bond acceptors (Lipinski definition) is 2. The topological polar surface area (TPSA) is 0 Å². The quantitative estimate of drug-likeness (QED) is 0.608. The zero-order chi connectivity index (χ0) is 4.83. The summed E-state index contributed by atoms with van der Waals surface area (Å²) in [4.78, 5) is 0. The molecule has 0 unspecified atom stereocenters. The van der Waals surface area contributed by atoms with E-state index in [1.807, 2.05) is 0 Å². The molecule has 0 nitrogen and oxygen atoms in total. The fourth-order valence-corrected chi connectivity index (χ4v) is 5.51. The highest BCUT2D eigenvalue weighted by Crippen LogP contribution is 1.27. The summed E-state index contributed by atoms with van der Waals surface area (Å²) in [5.41, 5.74) is 0. The number of hydrogen-bond donors (Lipinski definition) is 0. The first-order chi connectivity index (χ1) is 2.91. The van der Waals surface area contributed by atoms with Crippen molar-refractivity contribution < 1.29 is 0 Å². The van der Waals surface area contributed by atoms with Crippen molar-refractivity contribution in [2.75, 3.05) is 0 Å². The van der Waals surface area contributed by atoms with E-state index in [0.717, 1.165) is 0 Å². The van der Waals surface area contributed by atoms with Crippen LogP contribution in [-0.4, -0.2) is 0 Å². The molecule has 0 bridgehead atoms. The van der Waals surface area contributed by atoms with Crippen LogP contribution in [0.15, 0.2) is 0 Å². The SMILES string of the molecule is C.C.S=S=S=S=S=S. The largest absolute Gasteiger partial charge is 0.0776 e. The van der Waals surface area contributed by atoms with Gasteiger partial charge in [0.05, 0.1) is 0 Å². The Bertz CT molecular complexity index is 139. The molecular formula is C2H8S6.